The summed E-state index contributed by atoms with van der Waals surface area (Å²) in [5, 5.41) is 12.3. The van der Waals surface area contributed by atoms with Gasteiger partial charge in [0.05, 0.1) is 6.10 Å². The molecular weight excluding hydrogens is 336 g/mol. The highest BCUT2D eigenvalue weighted by molar-refractivity contribution is 9.10. The standard InChI is InChI=1S/C15H19BrN2O3/c16-12-5-3-11(4-6-12)15(21)17-8-7-14(20)18-9-1-2-13(19)10-18/h3-6,13,19H,1-2,7-10H2,(H,17,21). The molecule has 1 fully saturated rings. The summed E-state index contributed by atoms with van der Waals surface area (Å²) >= 11 is 3.31. The smallest absolute Gasteiger partial charge is 0.251 e. The molecule has 21 heavy (non-hydrogen) atoms. The van der Waals surface area contributed by atoms with E-state index in [0.717, 1.165) is 17.3 Å². The molecule has 0 spiro atoms. The van der Waals surface area contributed by atoms with E-state index in [-0.39, 0.29) is 18.2 Å². The molecule has 1 atom stereocenters. The number of rotatable bonds is 4. The maximum absolute atomic E-state index is 12.0. The zero-order valence-electron chi connectivity index (χ0n) is 11.7. The monoisotopic (exact) mass is 354 g/mol. The Bertz CT molecular complexity index is 504. The average Bonchev–Trinajstić information content (AvgIpc) is 2.47. The number of aliphatic hydroxyl groups excluding tert-OH is 1. The molecular formula is C15H19BrN2O3. The fraction of sp³-hybridized carbons (Fsp3) is 0.467. The number of amides is 2. The number of hydrogen-bond acceptors (Lipinski definition) is 3. The first-order valence-electron chi connectivity index (χ1n) is 7.06. The Morgan fingerprint density at radius 2 is 2.05 bits per heavy atom. The van der Waals surface area contributed by atoms with Gasteiger partial charge in [-0.05, 0) is 37.1 Å². The van der Waals surface area contributed by atoms with Gasteiger partial charge >= 0.3 is 0 Å². The third-order valence-electron chi connectivity index (χ3n) is 3.48. The minimum absolute atomic E-state index is 0.0233. The lowest BCUT2D eigenvalue weighted by atomic mass is 10.1. The quantitative estimate of drug-likeness (QED) is 0.861. The van der Waals surface area contributed by atoms with Crippen LogP contribution < -0.4 is 5.32 Å². The number of halogens is 1. The minimum Gasteiger partial charge on any atom is -0.391 e. The van der Waals surface area contributed by atoms with Crippen molar-refractivity contribution in [3.63, 3.8) is 0 Å². The molecule has 1 aliphatic rings. The summed E-state index contributed by atoms with van der Waals surface area (Å²) < 4.78 is 0.915. The van der Waals surface area contributed by atoms with E-state index in [2.05, 4.69) is 21.2 Å². The van der Waals surface area contributed by atoms with Gasteiger partial charge in [-0.15, -0.1) is 0 Å². The van der Waals surface area contributed by atoms with E-state index in [1.807, 2.05) is 0 Å². The maximum atomic E-state index is 12.0. The van der Waals surface area contributed by atoms with Gasteiger partial charge in [-0.1, -0.05) is 15.9 Å². The molecule has 1 aromatic carbocycles. The first kappa shape index (κ1) is 16.0. The van der Waals surface area contributed by atoms with E-state index in [0.29, 0.717) is 25.2 Å². The van der Waals surface area contributed by atoms with E-state index >= 15 is 0 Å². The average molecular weight is 355 g/mol. The SMILES string of the molecule is O=C(NCCC(=O)N1CCCC(O)C1)c1ccc(Br)cc1. The zero-order valence-corrected chi connectivity index (χ0v) is 13.3. The summed E-state index contributed by atoms with van der Waals surface area (Å²) in [7, 11) is 0. The molecule has 0 saturated carbocycles. The summed E-state index contributed by atoms with van der Waals surface area (Å²) in [6.45, 7) is 1.40. The van der Waals surface area contributed by atoms with Gasteiger partial charge in [-0.2, -0.15) is 0 Å². The fourth-order valence-electron chi connectivity index (χ4n) is 2.33. The highest BCUT2D eigenvalue weighted by Gasteiger charge is 2.21. The first-order chi connectivity index (χ1) is 10.1. The number of piperidine rings is 1. The Kier molecular flexibility index (Phi) is 5.76. The molecule has 2 amide bonds. The minimum atomic E-state index is -0.417. The van der Waals surface area contributed by atoms with Crippen molar-refractivity contribution in [1.29, 1.82) is 0 Å². The Hall–Kier alpha value is -1.40. The number of carbonyl (C=O) groups excluding carboxylic acids is 2. The van der Waals surface area contributed by atoms with Crippen molar-refractivity contribution >= 4 is 27.7 Å². The molecule has 2 N–H and O–H groups in total. The number of hydrogen-bond donors (Lipinski definition) is 2. The van der Waals surface area contributed by atoms with Crippen molar-refractivity contribution in [1.82, 2.24) is 10.2 Å². The molecule has 0 bridgehead atoms. The number of likely N-dealkylation sites (tertiary alicyclic amines) is 1. The molecule has 2 rings (SSSR count). The van der Waals surface area contributed by atoms with E-state index in [1.54, 1.807) is 29.2 Å². The van der Waals surface area contributed by atoms with Gasteiger partial charge in [0.2, 0.25) is 5.91 Å². The third-order valence-corrected chi connectivity index (χ3v) is 4.01. The predicted octanol–water partition coefficient (Wildman–Crippen LogP) is 1.55. The third kappa shape index (κ3) is 4.82. The Morgan fingerprint density at radius 1 is 1.33 bits per heavy atom. The number of nitrogens with zero attached hydrogens (tertiary/aromatic N) is 1. The van der Waals surface area contributed by atoms with Gasteiger partial charge in [0.15, 0.2) is 0 Å². The summed E-state index contributed by atoms with van der Waals surface area (Å²) in [6, 6.07) is 7.05. The Balaban J connectivity index is 1.74. The van der Waals surface area contributed by atoms with Crippen LogP contribution in [0.25, 0.3) is 0 Å². The molecule has 6 heteroatoms. The largest absolute Gasteiger partial charge is 0.391 e. The Labute approximate surface area is 132 Å². The van der Waals surface area contributed by atoms with Crippen LogP contribution in [0.15, 0.2) is 28.7 Å². The zero-order chi connectivity index (χ0) is 15.2. The van der Waals surface area contributed by atoms with Crippen LogP contribution in [0.4, 0.5) is 0 Å². The molecule has 0 aliphatic carbocycles. The van der Waals surface area contributed by atoms with Crippen LogP contribution in [0.2, 0.25) is 0 Å². The van der Waals surface area contributed by atoms with E-state index in [4.69, 9.17) is 0 Å². The van der Waals surface area contributed by atoms with Gasteiger partial charge in [0.1, 0.15) is 0 Å². The number of β-amino-alcohol motifs (C(OH)–C–C–N with tert-alkyl or cyclic N) is 1. The molecule has 5 nitrogen and oxygen atoms in total. The number of aliphatic hydroxyl groups is 1. The lowest BCUT2D eigenvalue weighted by Crippen LogP contribution is -2.43. The molecule has 1 aromatic rings. The van der Waals surface area contributed by atoms with Gasteiger partial charge in [-0.25, -0.2) is 0 Å². The summed E-state index contributed by atoms with van der Waals surface area (Å²) in [5.74, 6) is -0.209. The first-order valence-corrected chi connectivity index (χ1v) is 7.85. The summed E-state index contributed by atoms with van der Waals surface area (Å²) in [5.41, 5.74) is 0.569. The van der Waals surface area contributed by atoms with Crippen molar-refractivity contribution < 1.29 is 14.7 Å². The Morgan fingerprint density at radius 3 is 2.71 bits per heavy atom. The van der Waals surface area contributed by atoms with Gasteiger partial charge in [-0.3, -0.25) is 9.59 Å². The topological polar surface area (TPSA) is 69.6 Å². The number of carbonyl (C=O) groups is 2. The van der Waals surface area contributed by atoms with E-state index < -0.39 is 6.10 Å². The van der Waals surface area contributed by atoms with Crippen LogP contribution in [0, 0.1) is 0 Å². The lowest BCUT2D eigenvalue weighted by Gasteiger charge is -2.30. The predicted molar refractivity (Wildman–Crippen MR) is 82.9 cm³/mol. The lowest BCUT2D eigenvalue weighted by molar-refractivity contribution is -0.134. The molecule has 1 heterocycles. The highest BCUT2D eigenvalue weighted by Crippen LogP contribution is 2.11. The number of benzene rings is 1. The van der Waals surface area contributed by atoms with Gasteiger partial charge < -0.3 is 15.3 Å². The second-order valence-electron chi connectivity index (χ2n) is 5.15. The van der Waals surface area contributed by atoms with Crippen molar-refractivity contribution in [2.45, 2.75) is 25.4 Å². The normalized spacial score (nSPS) is 18.4. The van der Waals surface area contributed by atoms with Crippen LogP contribution in [-0.2, 0) is 4.79 Å². The van der Waals surface area contributed by atoms with Gasteiger partial charge in [0, 0.05) is 36.1 Å². The second kappa shape index (κ2) is 7.56. The molecule has 1 aliphatic heterocycles. The van der Waals surface area contributed by atoms with Crippen LogP contribution >= 0.6 is 15.9 Å². The van der Waals surface area contributed by atoms with Crippen LogP contribution in [0.1, 0.15) is 29.6 Å². The van der Waals surface area contributed by atoms with Crippen molar-refractivity contribution in [3.8, 4) is 0 Å². The van der Waals surface area contributed by atoms with E-state index in [9.17, 15) is 14.7 Å². The number of nitrogens with one attached hydrogen (secondary N) is 1. The molecule has 1 unspecified atom stereocenters. The van der Waals surface area contributed by atoms with E-state index in [1.165, 1.54) is 0 Å². The second-order valence-corrected chi connectivity index (χ2v) is 6.06. The van der Waals surface area contributed by atoms with Crippen LogP contribution in [0.5, 0.6) is 0 Å². The van der Waals surface area contributed by atoms with Crippen molar-refractivity contribution in [2.75, 3.05) is 19.6 Å². The van der Waals surface area contributed by atoms with Gasteiger partial charge in [0.25, 0.3) is 5.91 Å². The van der Waals surface area contributed by atoms with Crippen LogP contribution in [0.3, 0.4) is 0 Å². The van der Waals surface area contributed by atoms with Crippen LogP contribution in [-0.4, -0.2) is 47.6 Å². The fourth-order valence-corrected chi connectivity index (χ4v) is 2.59. The summed E-state index contributed by atoms with van der Waals surface area (Å²) in [6.07, 6.45) is 1.43. The molecule has 114 valence electrons. The summed E-state index contributed by atoms with van der Waals surface area (Å²) in [4.78, 5) is 25.5. The van der Waals surface area contributed by atoms with Crippen molar-refractivity contribution in [3.05, 3.63) is 34.3 Å². The molecule has 1 saturated heterocycles. The van der Waals surface area contributed by atoms with Crippen molar-refractivity contribution in [2.24, 2.45) is 0 Å². The maximum Gasteiger partial charge on any atom is 0.251 e. The molecule has 0 radical (unpaired) electrons. The molecule has 0 aromatic heterocycles. The highest BCUT2D eigenvalue weighted by atomic mass is 79.9.